The van der Waals surface area contributed by atoms with Crippen LogP contribution in [0.25, 0.3) is 0 Å². The highest BCUT2D eigenvalue weighted by Crippen LogP contribution is 2.15. The fourth-order valence-corrected chi connectivity index (χ4v) is 2.36. The van der Waals surface area contributed by atoms with Crippen molar-refractivity contribution in [3.8, 4) is 5.75 Å². The summed E-state index contributed by atoms with van der Waals surface area (Å²) < 4.78 is 6.87. The molecule has 0 unspecified atom stereocenters. The minimum Gasteiger partial charge on any atom is -0.497 e. The number of nitrogens with one attached hydrogen (secondary N) is 2. The first-order valence-electron chi connectivity index (χ1n) is 7.92. The van der Waals surface area contributed by atoms with E-state index < -0.39 is 0 Å². The quantitative estimate of drug-likeness (QED) is 0.743. The van der Waals surface area contributed by atoms with E-state index in [-0.39, 0.29) is 6.03 Å². The van der Waals surface area contributed by atoms with E-state index in [9.17, 15) is 4.79 Å². The van der Waals surface area contributed by atoms with Gasteiger partial charge >= 0.3 is 6.03 Å². The van der Waals surface area contributed by atoms with Crippen molar-refractivity contribution in [2.45, 2.75) is 13.5 Å². The lowest BCUT2D eigenvalue weighted by molar-refractivity contribution is 0.262. The Morgan fingerprint density at radius 2 is 1.72 bits per heavy atom. The average Bonchev–Trinajstić information content (AvgIpc) is 3.04. The van der Waals surface area contributed by atoms with E-state index in [1.807, 2.05) is 0 Å². The number of hydrogen-bond donors (Lipinski definition) is 2. The van der Waals surface area contributed by atoms with Crippen LogP contribution < -0.4 is 15.4 Å². The number of methoxy groups -OCH3 is 1. The van der Waals surface area contributed by atoms with Gasteiger partial charge in [0.05, 0.1) is 25.5 Å². The normalized spacial score (nSPS) is 10.3. The first-order chi connectivity index (χ1) is 12.1. The molecule has 6 heteroatoms. The summed E-state index contributed by atoms with van der Waals surface area (Å²) in [5.41, 5.74) is 3.70. The van der Waals surface area contributed by atoms with E-state index >= 15 is 0 Å². The summed E-state index contributed by atoms with van der Waals surface area (Å²) in [4.78, 5) is 12.1. The summed E-state index contributed by atoms with van der Waals surface area (Å²) in [7, 11) is 1.60. The maximum atomic E-state index is 12.1. The van der Waals surface area contributed by atoms with Crippen LogP contribution in [-0.4, -0.2) is 22.9 Å². The number of rotatable bonds is 5. The molecule has 0 saturated heterocycles. The number of carbonyl (C=O) groups is 1. The van der Waals surface area contributed by atoms with Gasteiger partial charge in [-0.15, -0.1) is 0 Å². The number of anilines is 2. The molecule has 2 amide bonds. The van der Waals surface area contributed by atoms with Crippen molar-refractivity contribution in [2.24, 2.45) is 0 Å². The smallest absolute Gasteiger partial charge is 0.323 e. The van der Waals surface area contributed by atoms with Gasteiger partial charge in [0, 0.05) is 11.9 Å². The highest BCUT2D eigenvalue weighted by atomic mass is 16.5. The number of carbonyl (C=O) groups excluding carboxylic acids is 1. The Kier molecular flexibility index (Phi) is 4.99. The second-order valence-corrected chi connectivity index (χ2v) is 5.72. The van der Waals surface area contributed by atoms with Crippen molar-refractivity contribution in [3.63, 3.8) is 0 Å². The molecule has 0 bridgehead atoms. The number of urea groups is 1. The number of nitrogens with zero attached hydrogens (tertiary/aromatic N) is 2. The molecule has 0 spiro atoms. The monoisotopic (exact) mass is 336 g/mol. The molecule has 3 rings (SSSR count). The molecule has 1 aromatic heterocycles. The van der Waals surface area contributed by atoms with E-state index in [1.165, 1.54) is 5.56 Å². The largest absolute Gasteiger partial charge is 0.497 e. The van der Waals surface area contributed by atoms with E-state index in [4.69, 9.17) is 4.74 Å². The van der Waals surface area contributed by atoms with Crippen molar-refractivity contribution in [1.29, 1.82) is 0 Å². The van der Waals surface area contributed by atoms with Crippen molar-refractivity contribution in [1.82, 2.24) is 9.78 Å². The maximum absolute atomic E-state index is 12.1. The van der Waals surface area contributed by atoms with Gasteiger partial charge in [-0.1, -0.05) is 29.8 Å². The zero-order chi connectivity index (χ0) is 17.6. The fraction of sp³-hybridized carbons (Fsp3) is 0.158. The number of benzene rings is 2. The van der Waals surface area contributed by atoms with Crippen LogP contribution in [0.3, 0.4) is 0 Å². The molecule has 25 heavy (non-hydrogen) atoms. The van der Waals surface area contributed by atoms with Gasteiger partial charge in [-0.3, -0.25) is 4.68 Å². The van der Waals surface area contributed by atoms with E-state index in [2.05, 4.69) is 46.9 Å². The first kappa shape index (κ1) is 16.6. The number of hydrogen-bond acceptors (Lipinski definition) is 3. The fourth-order valence-electron chi connectivity index (χ4n) is 2.36. The Hall–Kier alpha value is -3.28. The predicted molar refractivity (Wildman–Crippen MR) is 98.1 cm³/mol. The molecule has 3 aromatic rings. The third-order valence-corrected chi connectivity index (χ3v) is 3.70. The molecule has 0 fully saturated rings. The lowest BCUT2D eigenvalue weighted by atomic mass is 10.1. The minimum absolute atomic E-state index is 0.319. The third kappa shape index (κ3) is 4.60. The SMILES string of the molecule is COc1ccc(NC(=O)Nc2cnn(Cc3ccc(C)cc3)c2)cc1. The molecule has 0 radical (unpaired) electrons. The molecular formula is C19H20N4O2. The number of ether oxygens (including phenoxy) is 1. The molecule has 2 aromatic carbocycles. The Bertz CT molecular complexity index is 839. The van der Waals surface area contributed by atoms with Crippen LogP contribution in [0, 0.1) is 6.92 Å². The van der Waals surface area contributed by atoms with E-state index in [0.717, 1.165) is 11.3 Å². The molecular weight excluding hydrogens is 316 g/mol. The lowest BCUT2D eigenvalue weighted by Gasteiger charge is -2.06. The third-order valence-electron chi connectivity index (χ3n) is 3.70. The van der Waals surface area contributed by atoms with Gasteiger partial charge in [-0.05, 0) is 36.8 Å². The van der Waals surface area contributed by atoms with Gasteiger partial charge in [0.15, 0.2) is 0 Å². The molecule has 6 nitrogen and oxygen atoms in total. The van der Waals surface area contributed by atoms with Crippen LogP contribution in [0.1, 0.15) is 11.1 Å². The van der Waals surface area contributed by atoms with Crippen molar-refractivity contribution in [3.05, 3.63) is 72.1 Å². The van der Waals surface area contributed by atoms with Crippen LogP contribution >= 0.6 is 0 Å². The number of aromatic nitrogens is 2. The molecule has 2 N–H and O–H groups in total. The first-order valence-corrected chi connectivity index (χ1v) is 7.92. The second kappa shape index (κ2) is 7.53. The summed E-state index contributed by atoms with van der Waals surface area (Å²) in [6.45, 7) is 2.71. The van der Waals surface area contributed by atoms with Gasteiger partial charge in [-0.25, -0.2) is 4.79 Å². The minimum atomic E-state index is -0.319. The molecule has 0 aliphatic rings. The van der Waals surface area contributed by atoms with Crippen molar-refractivity contribution >= 4 is 17.4 Å². The van der Waals surface area contributed by atoms with Crippen LogP contribution in [-0.2, 0) is 6.54 Å². The summed E-state index contributed by atoms with van der Waals surface area (Å²) in [5.74, 6) is 0.739. The molecule has 0 saturated carbocycles. The average molecular weight is 336 g/mol. The zero-order valence-electron chi connectivity index (χ0n) is 14.2. The molecule has 0 aliphatic carbocycles. The van der Waals surface area contributed by atoms with E-state index in [1.54, 1.807) is 48.5 Å². The Balaban J connectivity index is 1.56. The van der Waals surface area contributed by atoms with Crippen LogP contribution in [0.2, 0.25) is 0 Å². The summed E-state index contributed by atoms with van der Waals surface area (Å²) in [5, 5.41) is 9.81. The summed E-state index contributed by atoms with van der Waals surface area (Å²) >= 11 is 0. The van der Waals surface area contributed by atoms with Crippen molar-refractivity contribution in [2.75, 3.05) is 17.7 Å². The zero-order valence-corrected chi connectivity index (χ0v) is 14.2. The molecule has 1 heterocycles. The van der Waals surface area contributed by atoms with Crippen LogP contribution in [0.15, 0.2) is 60.9 Å². The Labute approximate surface area is 146 Å². The summed E-state index contributed by atoms with van der Waals surface area (Å²) in [6.07, 6.45) is 3.43. The van der Waals surface area contributed by atoms with Gasteiger partial charge in [0.2, 0.25) is 0 Å². The highest BCUT2D eigenvalue weighted by molar-refractivity contribution is 5.99. The van der Waals surface area contributed by atoms with Crippen LogP contribution in [0.4, 0.5) is 16.2 Å². The Morgan fingerprint density at radius 1 is 1.04 bits per heavy atom. The van der Waals surface area contributed by atoms with Gasteiger partial charge in [0.25, 0.3) is 0 Å². The standard InChI is InChI=1S/C19H20N4O2/c1-14-3-5-15(6-4-14)12-23-13-17(11-20-23)22-19(24)21-16-7-9-18(25-2)10-8-16/h3-11,13H,12H2,1-2H3,(H2,21,22,24). The van der Waals surface area contributed by atoms with Gasteiger partial charge in [-0.2, -0.15) is 5.10 Å². The molecule has 0 aliphatic heterocycles. The van der Waals surface area contributed by atoms with Gasteiger partial charge in [0.1, 0.15) is 5.75 Å². The Morgan fingerprint density at radius 3 is 2.40 bits per heavy atom. The van der Waals surface area contributed by atoms with Crippen molar-refractivity contribution < 1.29 is 9.53 Å². The number of aryl methyl sites for hydroxylation is 1. The predicted octanol–water partition coefficient (Wildman–Crippen LogP) is 3.89. The topological polar surface area (TPSA) is 68.2 Å². The van der Waals surface area contributed by atoms with E-state index in [0.29, 0.717) is 17.9 Å². The van der Waals surface area contributed by atoms with Crippen LogP contribution in [0.5, 0.6) is 5.75 Å². The highest BCUT2D eigenvalue weighted by Gasteiger charge is 2.05. The second-order valence-electron chi connectivity index (χ2n) is 5.72. The lowest BCUT2D eigenvalue weighted by Crippen LogP contribution is -2.19. The van der Waals surface area contributed by atoms with Gasteiger partial charge < -0.3 is 15.4 Å². The summed E-state index contributed by atoms with van der Waals surface area (Å²) in [6, 6.07) is 15.1. The molecule has 128 valence electrons. The maximum Gasteiger partial charge on any atom is 0.323 e. The molecule has 0 atom stereocenters. The number of amides is 2.